The first-order valence-corrected chi connectivity index (χ1v) is 9.67. The van der Waals surface area contributed by atoms with Crippen molar-refractivity contribution in [2.24, 2.45) is 0 Å². The molecule has 0 unspecified atom stereocenters. The molecule has 2 amide bonds. The van der Waals surface area contributed by atoms with Crippen molar-refractivity contribution in [2.75, 3.05) is 37.4 Å². The fraction of sp³-hybridized carbons (Fsp3) is 0.190. The van der Waals surface area contributed by atoms with E-state index in [9.17, 15) is 23.2 Å². The van der Waals surface area contributed by atoms with Crippen LogP contribution in [-0.2, 0) is 14.3 Å². The van der Waals surface area contributed by atoms with Gasteiger partial charge in [-0.25, -0.2) is 13.6 Å². The van der Waals surface area contributed by atoms with Gasteiger partial charge in [0.05, 0.1) is 36.4 Å². The molecule has 0 bridgehead atoms. The fourth-order valence-electron chi connectivity index (χ4n) is 3.06. The molecule has 0 aliphatic carbocycles. The van der Waals surface area contributed by atoms with E-state index in [1.165, 1.54) is 24.1 Å². The third-order valence-corrected chi connectivity index (χ3v) is 4.91. The summed E-state index contributed by atoms with van der Waals surface area (Å²) in [4.78, 5) is 38.4. The molecule has 1 aliphatic rings. The van der Waals surface area contributed by atoms with Gasteiger partial charge in [-0.3, -0.25) is 9.59 Å². The van der Waals surface area contributed by atoms with Crippen molar-refractivity contribution in [3.8, 4) is 0 Å². The standard InChI is InChI=1S/C21H18ClF2N3O5/c1-32-21(31)14-10-27(5-6-28)20(30)18(14)25-11-3-2-4-12(7-11)26-19(29)13-8-16(23)17(24)9-15(13)22/h2-4,7-9,25,28H,5-6,10H2,1H3,(H,26,29). The smallest absolute Gasteiger partial charge is 0.337 e. The summed E-state index contributed by atoms with van der Waals surface area (Å²) in [5.74, 6) is -4.36. The van der Waals surface area contributed by atoms with E-state index in [2.05, 4.69) is 10.6 Å². The van der Waals surface area contributed by atoms with Crippen molar-refractivity contribution in [1.82, 2.24) is 4.90 Å². The zero-order valence-electron chi connectivity index (χ0n) is 16.7. The summed E-state index contributed by atoms with van der Waals surface area (Å²) in [6, 6.07) is 7.54. The molecule has 0 saturated heterocycles. The lowest BCUT2D eigenvalue weighted by molar-refractivity contribution is -0.136. The molecular weight excluding hydrogens is 448 g/mol. The first-order chi connectivity index (χ1) is 15.2. The average Bonchev–Trinajstić information content (AvgIpc) is 3.06. The van der Waals surface area contributed by atoms with Crippen molar-refractivity contribution >= 4 is 40.8 Å². The number of benzene rings is 2. The number of anilines is 2. The van der Waals surface area contributed by atoms with E-state index in [0.29, 0.717) is 17.8 Å². The second kappa shape index (κ2) is 9.75. The van der Waals surface area contributed by atoms with E-state index in [1.807, 2.05) is 0 Å². The molecule has 3 N–H and O–H groups in total. The predicted octanol–water partition coefficient (Wildman–Crippen LogP) is 2.54. The summed E-state index contributed by atoms with van der Waals surface area (Å²) in [7, 11) is 1.19. The quantitative estimate of drug-likeness (QED) is 0.428. The number of carbonyl (C=O) groups is 3. The van der Waals surface area contributed by atoms with Gasteiger partial charge in [-0.2, -0.15) is 0 Å². The lowest BCUT2D eigenvalue weighted by Gasteiger charge is -2.15. The van der Waals surface area contributed by atoms with E-state index in [1.54, 1.807) is 12.1 Å². The van der Waals surface area contributed by atoms with Gasteiger partial charge in [-0.1, -0.05) is 17.7 Å². The Labute approximate surface area is 186 Å². The molecule has 0 saturated carbocycles. The van der Waals surface area contributed by atoms with E-state index >= 15 is 0 Å². The molecule has 32 heavy (non-hydrogen) atoms. The molecule has 2 aromatic carbocycles. The lowest BCUT2D eigenvalue weighted by Crippen LogP contribution is -2.31. The number of amides is 2. The number of esters is 1. The van der Waals surface area contributed by atoms with Crippen LogP contribution >= 0.6 is 11.6 Å². The Balaban J connectivity index is 1.83. The molecule has 168 valence electrons. The molecule has 0 aromatic heterocycles. The Morgan fingerprint density at radius 2 is 1.88 bits per heavy atom. The zero-order valence-corrected chi connectivity index (χ0v) is 17.5. The summed E-state index contributed by atoms with van der Waals surface area (Å²) in [5, 5.41) is 14.2. The van der Waals surface area contributed by atoms with Crippen molar-refractivity contribution < 1.29 is 33.0 Å². The molecule has 11 heteroatoms. The van der Waals surface area contributed by atoms with Gasteiger partial charge in [0.2, 0.25) is 0 Å². The molecule has 0 radical (unpaired) electrons. The number of rotatable bonds is 7. The Bertz CT molecular complexity index is 1120. The van der Waals surface area contributed by atoms with Crippen LogP contribution in [0.2, 0.25) is 5.02 Å². The number of nitrogens with one attached hydrogen (secondary N) is 2. The monoisotopic (exact) mass is 465 g/mol. The number of halogens is 3. The van der Waals surface area contributed by atoms with Crippen LogP contribution in [0, 0.1) is 11.6 Å². The number of hydrogen-bond acceptors (Lipinski definition) is 6. The Morgan fingerprint density at radius 1 is 1.19 bits per heavy atom. The van der Waals surface area contributed by atoms with Crippen molar-refractivity contribution in [1.29, 1.82) is 0 Å². The largest absolute Gasteiger partial charge is 0.466 e. The van der Waals surface area contributed by atoms with Gasteiger partial charge >= 0.3 is 5.97 Å². The maximum atomic E-state index is 13.5. The Hall–Kier alpha value is -3.50. The van der Waals surface area contributed by atoms with Crippen LogP contribution < -0.4 is 10.6 Å². The first-order valence-electron chi connectivity index (χ1n) is 9.29. The SMILES string of the molecule is COC(=O)C1=C(Nc2cccc(NC(=O)c3cc(F)c(F)cc3Cl)c2)C(=O)N(CCO)C1. The number of ether oxygens (including phenoxy) is 1. The highest BCUT2D eigenvalue weighted by Gasteiger charge is 2.34. The minimum Gasteiger partial charge on any atom is -0.466 e. The van der Waals surface area contributed by atoms with E-state index in [0.717, 1.165) is 0 Å². The van der Waals surface area contributed by atoms with Crippen LogP contribution in [0.4, 0.5) is 20.2 Å². The van der Waals surface area contributed by atoms with Crippen molar-refractivity contribution in [3.05, 3.63) is 69.9 Å². The number of carbonyl (C=O) groups excluding carboxylic acids is 3. The molecule has 3 rings (SSSR count). The summed E-state index contributed by atoms with van der Waals surface area (Å²) in [6.45, 7) is -0.267. The normalized spacial score (nSPS) is 13.4. The summed E-state index contributed by atoms with van der Waals surface area (Å²) >= 11 is 5.83. The summed E-state index contributed by atoms with van der Waals surface area (Å²) in [5.41, 5.74) is 0.435. The molecule has 1 aliphatic heterocycles. The molecule has 2 aromatic rings. The Morgan fingerprint density at radius 3 is 2.56 bits per heavy atom. The van der Waals surface area contributed by atoms with Crippen molar-refractivity contribution in [3.63, 3.8) is 0 Å². The highest BCUT2D eigenvalue weighted by atomic mass is 35.5. The van der Waals surface area contributed by atoms with Gasteiger partial charge in [-0.05, 0) is 30.3 Å². The maximum absolute atomic E-state index is 13.5. The van der Waals surface area contributed by atoms with Gasteiger partial charge in [0.15, 0.2) is 11.6 Å². The molecule has 0 fully saturated rings. The molecule has 0 atom stereocenters. The van der Waals surface area contributed by atoms with Crippen LogP contribution in [0.1, 0.15) is 10.4 Å². The second-order valence-corrected chi connectivity index (χ2v) is 7.11. The first kappa shape index (κ1) is 23.2. The minimum absolute atomic E-state index is 0.0163. The van der Waals surface area contributed by atoms with Crippen LogP contribution in [0.5, 0.6) is 0 Å². The van der Waals surface area contributed by atoms with Crippen LogP contribution in [0.3, 0.4) is 0 Å². The van der Waals surface area contributed by atoms with Crippen molar-refractivity contribution in [2.45, 2.75) is 0 Å². The van der Waals surface area contributed by atoms with Gasteiger partial charge in [0, 0.05) is 17.9 Å². The second-order valence-electron chi connectivity index (χ2n) is 6.70. The number of aliphatic hydroxyl groups excluding tert-OH is 1. The fourth-order valence-corrected chi connectivity index (χ4v) is 3.30. The topological polar surface area (TPSA) is 108 Å². The minimum atomic E-state index is -1.22. The number of methoxy groups -OCH3 is 1. The van der Waals surface area contributed by atoms with Gasteiger partial charge < -0.3 is 25.4 Å². The molecule has 0 spiro atoms. The maximum Gasteiger partial charge on any atom is 0.337 e. The molecular formula is C21H18ClF2N3O5. The van der Waals surface area contributed by atoms with E-state index in [-0.39, 0.29) is 47.2 Å². The predicted molar refractivity (Wildman–Crippen MR) is 112 cm³/mol. The molecule has 8 nitrogen and oxygen atoms in total. The van der Waals surface area contributed by atoms with Gasteiger partial charge in [-0.15, -0.1) is 0 Å². The highest BCUT2D eigenvalue weighted by molar-refractivity contribution is 6.34. The lowest BCUT2D eigenvalue weighted by atomic mass is 10.2. The number of hydrogen-bond donors (Lipinski definition) is 3. The highest BCUT2D eigenvalue weighted by Crippen LogP contribution is 2.25. The Kier molecular flexibility index (Phi) is 7.06. The van der Waals surface area contributed by atoms with E-state index < -0.39 is 29.4 Å². The van der Waals surface area contributed by atoms with Crippen LogP contribution in [0.15, 0.2) is 47.7 Å². The zero-order chi connectivity index (χ0) is 23.4. The summed E-state index contributed by atoms with van der Waals surface area (Å²) in [6.07, 6.45) is 0. The number of nitrogens with zero attached hydrogens (tertiary/aromatic N) is 1. The third kappa shape index (κ3) is 4.87. The number of β-amino-alcohol motifs (C(OH)–C–C–N with tert-alkyl or cyclic N) is 1. The van der Waals surface area contributed by atoms with Crippen LogP contribution in [0.25, 0.3) is 0 Å². The number of aliphatic hydroxyl groups is 1. The average molecular weight is 466 g/mol. The van der Waals surface area contributed by atoms with Crippen LogP contribution in [-0.4, -0.2) is 54.6 Å². The third-order valence-electron chi connectivity index (χ3n) is 4.60. The van der Waals surface area contributed by atoms with Gasteiger partial charge in [0.1, 0.15) is 5.70 Å². The van der Waals surface area contributed by atoms with Gasteiger partial charge in [0.25, 0.3) is 11.8 Å². The molecule has 1 heterocycles. The summed E-state index contributed by atoms with van der Waals surface area (Å²) < 4.78 is 31.4. The van der Waals surface area contributed by atoms with E-state index in [4.69, 9.17) is 21.4 Å².